The average Bonchev–Trinajstić information content (AvgIpc) is 2.32. The number of hydrogen-bond donors (Lipinski definition) is 3. The smallest absolute Gasteiger partial charge is 0.110 e. The van der Waals surface area contributed by atoms with E-state index >= 15 is 0 Å². The van der Waals surface area contributed by atoms with E-state index in [-0.39, 0.29) is 18.4 Å². The van der Waals surface area contributed by atoms with Gasteiger partial charge in [-0.1, -0.05) is 40.9 Å². The molecule has 0 bridgehead atoms. The minimum atomic E-state index is -0.740. The Hall–Kier alpha value is -0.130. The van der Waals surface area contributed by atoms with Gasteiger partial charge in [0.05, 0.1) is 20.1 Å². The van der Waals surface area contributed by atoms with Gasteiger partial charge in [-0.3, -0.25) is 5.01 Å². The molecule has 0 aliphatic heterocycles. The summed E-state index contributed by atoms with van der Waals surface area (Å²) in [5.41, 5.74) is 3.72. The molecule has 1 aliphatic carbocycles. The van der Waals surface area contributed by atoms with Gasteiger partial charge in [0.2, 0.25) is 0 Å². The van der Waals surface area contributed by atoms with Crippen molar-refractivity contribution < 1.29 is 22.5 Å². The van der Waals surface area contributed by atoms with E-state index in [1.807, 2.05) is 24.3 Å². The molecule has 3 N–H and O–H groups in total. The van der Waals surface area contributed by atoms with Gasteiger partial charge < -0.3 is 17.5 Å². The van der Waals surface area contributed by atoms with Crippen LogP contribution in [0, 0.1) is 0 Å². The Bertz CT molecular complexity index is 399. The maximum absolute atomic E-state index is 11.1. The fraction of sp³-hybridized carbons (Fsp3) is 0.571. The first-order chi connectivity index (χ1) is 8.52. The number of hydrogen-bond acceptors (Lipinski definition) is 2. The summed E-state index contributed by atoms with van der Waals surface area (Å²) in [5, 5.41) is 12.2. The molecular formula is C14H22BrClN2O. The Labute approximate surface area is 129 Å². The van der Waals surface area contributed by atoms with Crippen LogP contribution in [0.5, 0.6) is 0 Å². The Balaban J connectivity index is 0.00000180. The van der Waals surface area contributed by atoms with Gasteiger partial charge >= 0.3 is 0 Å². The lowest BCUT2D eigenvalue weighted by molar-refractivity contribution is -0.911. The third-order valence-electron chi connectivity index (χ3n) is 3.68. The van der Waals surface area contributed by atoms with Crippen molar-refractivity contribution >= 4 is 15.9 Å². The van der Waals surface area contributed by atoms with Crippen LogP contribution in [-0.4, -0.2) is 25.2 Å². The normalized spacial score (nSPS) is 27.1. The Kier molecular flexibility index (Phi) is 6.27. The van der Waals surface area contributed by atoms with Gasteiger partial charge in [0.25, 0.3) is 0 Å². The molecule has 1 fully saturated rings. The van der Waals surface area contributed by atoms with E-state index in [2.05, 4.69) is 35.5 Å². The van der Waals surface area contributed by atoms with Crippen LogP contribution in [0.1, 0.15) is 31.2 Å². The predicted molar refractivity (Wildman–Crippen MR) is 76.2 cm³/mol. The van der Waals surface area contributed by atoms with Crippen LogP contribution in [0.4, 0.5) is 0 Å². The van der Waals surface area contributed by atoms with E-state index in [1.165, 1.54) is 6.42 Å². The van der Waals surface area contributed by atoms with E-state index in [0.717, 1.165) is 34.3 Å². The third kappa shape index (κ3) is 3.92. The van der Waals surface area contributed by atoms with Gasteiger partial charge in [0, 0.05) is 4.47 Å². The Morgan fingerprint density at radius 3 is 2.47 bits per heavy atom. The molecule has 0 heterocycles. The summed E-state index contributed by atoms with van der Waals surface area (Å²) >= 11 is 3.44. The summed E-state index contributed by atoms with van der Waals surface area (Å²) in [4.78, 5) is 0. The molecule has 1 aromatic rings. The van der Waals surface area contributed by atoms with Crippen molar-refractivity contribution in [1.29, 1.82) is 0 Å². The Morgan fingerprint density at radius 1 is 1.26 bits per heavy atom. The lowest BCUT2D eigenvalue weighted by Crippen LogP contribution is -3.14. The van der Waals surface area contributed by atoms with E-state index in [4.69, 9.17) is 0 Å². The first-order valence-corrected chi connectivity index (χ1v) is 7.37. The summed E-state index contributed by atoms with van der Waals surface area (Å²) in [6.45, 7) is 0. The summed E-state index contributed by atoms with van der Waals surface area (Å²) in [6, 6.07) is 8.17. The lowest BCUT2D eigenvalue weighted by atomic mass is 9.76. The molecule has 0 radical (unpaired) electrons. The zero-order valence-corrected chi connectivity index (χ0v) is 13.8. The van der Waals surface area contributed by atoms with Crippen LogP contribution >= 0.6 is 15.9 Å². The van der Waals surface area contributed by atoms with Crippen molar-refractivity contribution in [3.8, 4) is 0 Å². The van der Waals surface area contributed by atoms with Gasteiger partial charge in [0.15, 0.2) is 0 Å². The molecule has 0 amide bonds. The largest absolute Gasteiger partial charge is 1.00 e. The summed E-state index contributed by atoms with van der Waals surface area (Å²) < 4.78 is 1.05. The van der Waals surface area contributed by atoms with Gasteiger partial charge in [-0.25, -0.2) is 0 Å². The van der Waals surface area contributed by atoms with Crippen molar-refractivity contribution in [1.82, 2.24) is 5.43 Å². The number of aliphatic hydroxyl groups is 1. The minimum absolute atomic E-state index is 0. The predicted octanol–water partition coefficient (Wildman–Crippen LogP) is -1.77. The van der Waals surface area contributed by atoms with E-state index in [1.54, 1.807) is 0 Å². The van der Waals surface area contributed by atoms with E-state index in [9.17, 15) is 5.11 Å². The molecule has 2 rings (SSSR count). The number of halogens is 2. The number of benzene rings is 1. The van der Waals surface area contributed by atoms with Gasteiger partial charge in [-0.05, 0) is 30.5 Å². The third-order valence-corrected chi connectivity index (χ3v) is 4.21. The van der Waals surface area contributed by atoms with Crippen LogP contribution in [0.15, 0.2) is 28.7 Å². The van der Waals surface area contributed by atoms with Crippen molar-refractivity contribution in [2.45, 2.75) is 37.3 Å². The van der Waals surface area contributed by atoms with Crippen LogP contribution < -0.4 is 22.8 Å². The monoisotopic (exact) mass is 348 g/mol. The average molecular weight is 350 g/mol. The molecule has 2 atom stereocenters. The first kappa shape index (κ1) is 16.9. The molecule has 0 aromatic heterocycles. The molecule has 108 valence electrons. The van der Waals surface area contributed by atoms with Gasteiger partial charge in [0.1, 0.15) is 5.60 Å². The molecule has 0 saturated heterocycles. The fourth-order valence-corrected chi connectivity index (χ4v) is 3.04. The fourth-order valence-electron chi connectivity index (χ4n) is 2.78. The lowest BCUT2D eigenvalue weighted by Gasteiger charge is -2.40. The van der Waals surface area contributed by atoms with Crippen LogP contribution in [0.25, 0.3) is 0 Å². The zero-order chi connectivity index (χ0) is 13.2. The van der Waals surface area contributed by atoms with Crippen LogP contribution in [0.2, 0.25) is 0 Å². The van der Waals surface area contributed by atoms with E-state index < -0.39 is 5.60 Å². The minimum Gasteiger partial charge on any atom is -1.00 e. The Morgan fingerprint density at radius 2 is 1.89 bits per heavy atom. The van der Waals surface area contributed by atoms with Crippen molar-refractivity contribution in [2.75, 3.05) is 14.1 Å². The van der Waals surface area contributed by atoms with Crippen LogP contribution in [0.3, 0.4) is 0 Å². The van der Waals surface area contributed by atoms with Crippen molar-refractivity contribution in [3.63, 3.8) is 0 Å². The zero-order valence-electron chi connectivity index (χ0n) is 11.4. The SMILES string of the molecule is C[NH+](C)N[C@H]1CCCC[C@]1(O)c1ccc(Br)cc1.[Cl-]. The molecule has 1 aliphatic rings. The van der Waals surface area contributed by atoms with Crippen molar-refractivity contribution in [3.05, 3.63) is 34.3 Å². The second kappa shape index (κ2) is 7.04. The number of nitrogens with one attached hydrogen (secondary N) is 2. The molecule has 3 nitrogen and oxygen atoms in total. The summed E-state index contributed by atoms with van der Waals surface area (Å²) in [6.07, 6.45) is 4.13. The quantitative estimate of drug-likeness (QED) is 0.565. The first-order valence-electron chi connectivity index (χ1n) is 6.57. The number of quaternary nitrogens is 1. The highest BCUT2D eigenvalue weighted by Gasteiger charge is 2.41. The summed E-state index contributed by atoms with van der Waals surface area (Å²) in [5.74, 6) is 0. The molecule has 0 spiro atoms. The molecule has 1 aromatic carbocycles. The van der Waals surface area contributed by atoms with Gasteiger partial charge in [-0.15, -0.1) is 0 Å². The van der Waals surface area contributed by atoms with Gasteiger partial charge in [-0.2, -0.15) is 5.43 Å². The van der Waals surface area contributed by atoms with Crippen molar-refractivity contribution in [2.24, 2.45) is 0 Å². The second-order valence-corrected chi connectivity index (χ2v) is 6.29. The molecule has 5 heteroatoms. The standard InChI is InChI=1S/C14H21BrN2O.ClH/c1-17(2)16-13-5-3-4-10-14(13,18)11-6-8-12(15)9-7-11;/h6-9,13,16,18H,3-5,10H2,1-2H3;1H/t13-,14-;/m0./s1. The number of rotatable bonds is 3. The highest BCUT2D eigenvalue weighted by Crippen LogP contribution is 2.37. The second-order valence-electron chi connectivity index (χ2n) is 5.37. The topological polar surface area (TPSA) is 36.7 Å². The molecular weight excluding hydrogens is 328 g/mol. The highest BCUT2D eigenvalue weighted by molar-refractivity contribution is 9.10. The molecule has 0 unspecified atom stereocenters. The maximum atomic E-state index is 11.1. The van der Waals surface area contributed by atoms with E-state index in [0.29, 0.717) is 0 Å². The highest BCUT2D eigenvalue weighted by atomic mass is 79.9. The molecule has 19 heavy (non-hydrogen) atoms. The summed E-state index contributed by atoms with van der Waals surface area (Å²) in [7, 11) is 4.10. The molecule has 1 saturated carbocycles. The maximum Gasteiger partial charge on any atom is 0.110 e. The van der Waals surface area contributed by atoms with Crippen LogP contribution in [-0.2, 0) is 5.60 Å².